The van der Waals surface area contributed by atoms with Crippen molar-refractivity contribution in [3.63, 3.8) is 0 Å². The minimum absolute atomic E-state index is 0.0549. The van der Waals surface area contributed by atoms with Crippen molar-refractivity contribution in [2.24, 2.45) is 17.3 Å². The van der Waals surface area contributed by atoms with Crippen molar-refractivity contribution >= 4 is 34.8 Å². The first kappa shape index (κ1) is 49.4. The van der Waals surface area contributed by atoms with Gasteiger partial charge < -0.3 is 16.0 Å². The van der Waals surface area contributed by atoms with Gasteiger partial charge in [0.25, 0.3) is 17.7 Å². The van der Waals surface area contributed by atoms with Crippen LogP contribution in [-0.4, -0.2) is 17.7 Å². The standard InChI is InChI=1S/C20H25NO.C19H23NO.C18H21NO/c1-14-7-6-8-18(11-14)21-19(22)16-10-9-15(2)17(12-16)13-20(3,4)5;1-13(2)10-17-12-18(9-8-15(17)4)20-19(21)16-7-5-6-14(3)11-16;1-13(2)10-15-7-5-9-17(12-15)19-18(20)16-8-4-6-14(3)11-16/h6-12H,13H2,1-5H3,(H,21,22);5-9,11-13H,10H2,1-4H3,(H,20,21);4-9,11-13H,10H2,1-3H3,(H,19,20). The number of carbonyl (C=O) groups is 3. The first-order chi connectivity index (χ1) is 29.7. The van der Waals surface area contributed by atoms with E-state index in [4.69, 9.17) is 0 Å². The van der Waals surface area contributed by atoms with Gasteiger partial charge in [-0.15, -0.1) is 0 Å². The maximum absolute atomic E-state index is 12.4. The van der Waals surface area contributed by atoms with Gasteiger partial charge in [-0.2, -0.15) is 0 Å². The van der Waals surface area contributed by atoms with E-state index in [0.717, 1.165) is 53.0 Å². The van der Waals surface area contributed by atoms with Crippen LogP contribution < -0.4 is 16.0 Å². The smallest absolute Gasteiger partial charge is 0.255 e. The van der Waals surface area contributed by atoms with Crippen molar-refractivity contribution in [2.75, 3.05) is 16.0 Å². The molecule has 0 aliphatic rings. The molecule has 0 heterocycles. The van der Waals surface area contributed by atoms with Crippen molar-refractivity contribution in [1.82, 2.24) is 0 Å². The summed E-state index contributed by atoms with van der Waals surface area (Å²) in [6.07, 6.45) is 3.01. The molecular formula is C57H69N3O3. The molecule has 6 heteroatoms. The van der Waals surface area contributed by atoms with Crippen LogP contribution in [0.3, 0.4) is 0 Å². The number of nitrogens with one attached hydrogen (secondary N) is 3. The molecule has 0 saturated carbocycles. The molecule has 0 atom stereocenters. The molecule has 0 aromatic heterocycles. The van der Waals surface area contributed by atoms with Crippen LogP contribution in [0.4, 0.5) is 17.1 Å². The van der Waals surface area contributed by atoms with Crippen LogP contribution in [0.5, 0.6) is 0 Å². The fourth-order valence-electron chi connectivity index (χ4n) is 7.14. The Labute approximate surface area is 378 Å². The summed E-state index contributed by atoms with van der Waals surface area (Å²) in [5, 5.41) is 8.92. The molecular weight excluding hydrogens is 775 g/mol. The Bertz CT molecular complexity index is 2470. The molecule has 330 valence electrons. The summed E-state index contributed by atoms with van der Waals surface area (Å²) in [6, 6.07) is 43.2. The number of amides is 3. The molecule has 6 nitrogen and oxygen atoms in total. The van der Waals surface area contributed by atoms with Gasteiger partial charge in [0.1, 0.15) is 0 Å². The predicted octanol–water partition coefficient (Wildman–Crippen LogP) is 14.3. The fraction of sp³-hybridized carbons (Fsp3) is 0.316. The van der Waals surface area contributed by atoms with Gasteiger partial charge in [-0.05, 0) is 177 Å². The highest BCUT2D eigenvalue weighted by Gasteiger charge is 2.16. The summed E-state index contributed by atoms with van der Waals surface area (Å²) in [5.41, 5.74) is 14.5. The summed E-state index contributed by atoms with van der Waals surface area (Å²) < 4.78 is 0. The quantitative estimate of drug-likeness (QED) is 0.121. The van der Waals surface area contributed by atoms with E-state index in [1.165, 1.54) is 27.8 Å². The first-order valence-electron chi connectivity index (χ1n) is 22.2. The largest absolute Gasteiger partial charge is 0.322 e. The number of aryl methyl sites for hydroxylation is 5. The van der Waals surface area contributed by atoms with Crippen molar-refractivity contribution in [2.45, 2.75) is 102 Å². The molecule has 6 aromatic rings. The SMILES string of the molecule is Cc1cccc(C(=O)Nc2ccc(C)c(CC(C)C)c2)c1.Cc1cccc(C(=O)Nc2cccc(CC(C)C)c2)c1.Cc1cccc(NC(=O)c2ccc(C)c(CC(C)(C)C)c2)c1. The maximum atomic E-state index is 12.4. The van der Waals surface area contributed by atoms with Crippen molar-refractivity contribution in [3.05, 3.63) is 195 Å². The molecule has 0 aliphatic heterocycles. The van der Waals surface area contributed by atoms with E-state index in [0.29, 0.717) is 28.5 Å². The lowest BCUT2D eigenvalue weighted by Crippen LogP contribution is -2.14. The molecule has 0 spiro atoms. The second kappa shape index (κ2) is 23.3. The Hall–Kier alpha value is -6.27. The van der Waals surface area contributed by atoms with Gasteiger partial charge in [0.15, 0.2) is 0 Å². The molecule has 63 heavy (non-hydrogen) atoms. The molecule has 0 aliphatic carbocycles. The summed E-state index contributed by atoms with van der Waals surface area (Å²) in [4.78, 5) is 36.9. The van der Waals surface area contributed by atoms with E-state index in [1.807, 2.05) is 136 Å². The molecule has 6 rings (SSSR count). The minimum Gasteiger partial charge on any atom is -0.322 e. The summed E-state index contributed by atoms with van der Waals surface area (Å²) in [5.74, 6) is 1.04. The highest BCUT2D eigenvalue weighted by atomic mass is 16.2. The van der Waals surface area contributed by atoms with Crippen LogP contribution in [-0.2, 0) is 19.3 Å². The van der Waals surface area contributed by atoms with Crippen molar-refractivity contribution in [1.29, 1.82) is 0 Å². The zero-order valence-corrected chi connectivity index (χ0v) is 39.7. The molecule has 0 fully saturated rings. The monoisotopic (exact) mass is 844 g/mol. The lowest BCUT2D eigenvalue weighted by Gasteiger charge is -2.20. The van der Waals surface area contributed by atoms with Gasteiger partial charge in [-0.3, -0.25) is 14.4 Å². The minimum atomic E-state index is -0.0598. The Morgan fingerprint density at radius 3 is 1.37 bits per heavy atom. The third-order valence-corrected chi connectivity index (χ3v) is 10.2. The van der Waals surface area contributed by atoms with Crippen molar-refractivity contribution < 1.29 is 14.4 Å². The molecule has 0 unspecified atom stereocenters. The summed E-state index contributed by atoms with van der Waals surface area (Å²) in [7, 11) is 0. The number of carbonyl (C=O) groups excluding carboxylic acids is 3. The molecule has 0 bridgehead atoms. The Morgan fingerprint density at radius 1 is 0.444 bits per heavy atom. The number of rotatable bonds is 11. The molecule has 3 amide bonds. The van der Waals surface area contributed by atoms with Crippen molar-refractivity contribution in [3.8, 4) is 0 Å². The van der Waals surface area contributed by atoms with Gasteiger partial charge in [0, 0.05) is 33.8 Å². The van der Waals surface area contributed by atoms with Crippen LogP contribution in [0, 0.1) is 51.9 Å². The Balaban J connectivity index is 0.000000208. The van der Waals surface area contributed by atoms with Gasteiger partial charge in [-0.1, -0.05) is 120 Å². The normalized spacial score (nSPS) is 10.9. The van der Waals surface area contributed by atoms with E-state index in [1.54, 1.807) is 0 Å². The van der Waals surface area contributed by atoms with E-state index >= 15 is 0 Å². The third kappa shape index (κ3) is 17.2. The van der Waals surface area contributed by atoms with Crippen LogP contribution in [0.25, 0.3) is 0 Å². The fourth-order valence-corrected chi connectivity index (χ4v) is 7.14. The zero-order chi connectivity index (χ0) is 46.3. The average molecular weight is 844 g/mol. The topological polar surface area (TPSA) is 87.3 Å². The van der Waals surface area contributed by atoms with Crippen LogP contribution >= 0.6 is 0 Å². The van der Waals surface area contributed by atoms with E-state index < -0.39 is 0 Å². The van der Waals surface area contributed by atoms with E-state index in [2.05, 4.69) is 96.5 Å². The molecule has 0 radical (unpaired) electrons. The number of hydrogen-bond acceptors (Lipinski definition) is 3. The number of hydrogen-bond donors (Lipinski definition) is 3. The first-order valence-corrected chi connectivity index (χ1v) is 22.2. The predicted molar refractivity (Wildman–Crippen MR) is 266 cm³/mol. The lowest BCUT2D eigenvalue weighted by molar-refractivity contribution is 0.101. The molecule has 3 N–H and O–H groups in total. The second-order valence-corrected chi connectivity index (χ2v) is 18.9. The molecule has 6 aromatic carbocycles. The zero-order valence-electron chi connectivity index (χ0n) is 39.7. The van der Waals surface area contributed by atoms with Gasteiger partial charge in [-0.25, -0.2) is 0 Å². The van der Waals surface area contributed by atoms with E-state index in [-0.39, 0.29) is 23.1 Å². The Kier molecular flexibility index (Phi) is 18.2. The summed E-state index contributed by atoms with van der Waals surface area (Å²) >= 11 is 0. The van der Waals surface area contributed by atoms with E-state index in [9.17, 15) is 14.4 Å². The molecule has 0 saturated heterocycles. The van der Waals surface area contributed by atoms with Crippen LogP contribution in [0.2, 0.25) is 0 Å². The average Bonchev–Trinajstić information content (AvgIpc) is 3.20. The lowest BCUT2D eigenvalue weighted by atomic mass is 9.86. The Morgan fingerprint density at radius 2 is 0.873 bits per heavy atom. The van der Waals surface area contributed by atoms with Gasteiger partial charge in [0.2, 0.25) is 0 Å². The summed E-state index contributed by atoms with van der Waals surface area (Å²) in [6.45, 7) is 25.6. The highest BCUT2D eigenvalue weighted by molar-refractivity contribution is 6.05. The third-order valence-electron chi connectivity index (χ3n) is 10.2. The highest BCUT2D eigenvalue weighted by Crippen LogP contribution is 2.25. The van der Waals surface area contributed by atoms with Crippen LogP contribution in [0.15, 0.2) is 133 Å². The second-order valence-electron chi connectivity index (χ2n) is 18.9. The number of anilines is 3. The van der Waals surface area contributed by atoms with Crippen LogP contribution in [0.1, 0.15) is 124 Å². The number of benzene rings is 6. The van der Waals surface area contributed by atoms with Gasteiger partial charge in [0.05, 0.1) is 0 Å². The van der Waals surface area contributed by atoms with Gasteiger partial charge >= 0.3 is 0 Å². The maximum Gasteiger partial charge on any atom is 0.255 e.